The molecule has 1 aliphatic rings. The highest BCUT2D eigenvalue weighted by Crippen LogP contribution is 2.30. The van der Waals surface area contributed by atoms with Crippen LogP contribution in [0.15, 0.2) is 48.5 Å². The minimum absolute atomic E-state index is 0.142. The molecule has 2 aromatic rings. The standard InChI is InChI=1S/C18H19ClN2O/c19-15-5-1-13(2-6-15)11-12-20-16-7-9-17(10-8-16)21-18(22)14-3-4-14/h1-2,5-10,14,20H,3-4,11-12H2,(H,21,22). The molecule has 0 aromatic heterocycles. The summed E-state index contributed by atoms with van der Waals surface area (Å²) in [6.45, 7) is 0.857. The molecule has 22 heavy (non-hydrogen) atoms. The van der Waals surface area contributed by atoms with Gasteiger partial charge in [-0.15, -0.1) is 0 Å². The van der Waals surface area contributed by atoms with Crippen molar-refractivity contribution in [1.82, 2.24) is 0 Å². The number of amides is 1. The van der Waals surface area contributed by atoms with Crippen LogP contribution in [0.2, 0.25) is 5.02 Å². The number of benzene rings is 2. The molecule has 0 spiro atoms. The highest BCUT2D eigenvalue weighted by atomic mass is 35.5. The molecule has 1 aliphatic carbocycles. The largest absolute Gasteiger partial charge is 0.385 e. The van der Waals surface area contributed by atoms with Crippen LogP contribution in [0.5, 0.6) is 0 Å². The molecule has 0 radical (unpaired) electrons. The number of carbonyl (C=O) groups is 1. The Balaban J connectivity index is 1.46. The third kappa shape index (κ3) is 4.25. The molecule has 114 valence electrons. The van der Waals surface area contributed by atoms with E-state index in [2.05, 4.69) is 10.6 Å². The van der Waals surface area contributed by atoms with E-state index in [0.717, 1.165) is 42.2 Å². The van der Waals surface area contributed by atoms with Crippen molar-refractivity contribution < 1.29 is 4.79 Å². The maximum atomic E-state index is 11.7. The zero-order valence-corrected chi connectivity index (χ0v) is 13.1. The summed E-state index contributed by atoms with van der Waals surface area (Å²) in [7, 11) is 0. The zero-order valence-electron chi connectivity index (χ0n) is 12.3. The van der Waals surface area contributed by atoms with Crippen molar-refractivity contribution in [2.24, 2.45) is 5.92 Å². The summed E-state index contributed by atoms with van der Waals surface area (Å²) < 4.78 is 0. The van der Waals surface area contributed by atoms with E-state index in [-0.39, 0.29) is 11.8 Å². The van der Waals surface area contributed by atoms with Crippen LogP contribution in [-0.4, -0.2) is 12.5 Å². The molecule has 0 heterocycles. The van der Waals surface area contributed by atoms with Gasteiger partial charge in [0.25, 0.3) is 0 Å². The Morgan fingerprint density at radius 2 is 1.64 bits per heavy atom. The fraction of sp³-hybridized carbons (Fsp3) is 0.278. The zero-order chi connectivity index (χ0) is 15.4. The Labute approximate surface area is 135 Å². The molecule has 1 saturated carbocycles. The quantitative estimate of drug-likeness (QED) is 0.832. The molecular formula is C18H19ClN2O. The highest BCUT2D eigenvalue weighted by Gasteiger charge is 2.29. The normalized spacial score (nSPS) is 13.7. The summed E-state index contributed by atoms with van der Waals surface area (Å²) in [4.78, 5) is 11.7. The van der Waals surface area contributed by atoms with Crippen LogP contribution in [-0.2, 0) is 11.2 Å². The van der Waals surface area contributed by atoms with Crippen molar-refractivity contribution in [3.05, 3.63) is 59.1 Å². The van der Waals surface area contributed by atoms with Crippen LogP contribution in [0.1, 0.15) is 18.4 Å². The molecule has 1 amide bonds. The van der Waals surface area contributed by atoms with Crippen LogP contribution in [0, 0.1) is 5.92 Å². The summed E-state index contributed by atoms with van der Waals surface area (Å²) in [5.41, 5.74) is 3.17. The van der Waals surface area contributed by atoms with Crippen molar-refractivity contribution in [3.8, 4) is 0 Å². The van der Waals surface area contributed by atoms with Gasteiger partial charge >= 0.3 is 0 Å². The summed E-state index contributed by atoms with van der Waals surface area (Å²) in [6, 6.07) is 15.8. The second-order valence-electron chi connectivity index (χ2n) is 5.64. The molecule has 3 rings (SSSR count). The fourth-order valence-corrected chi connectivity index (χ4v) is 2.39. The van der Waals surface area contributed by atoms with E-state index in [1.165, 1.54) is 5.56 Å². The molecular weight excluding hydrogens is 296 g/mol. The van der Waals surface area contributed by atoms with Crippen LogP contribution in [0.4, 0.5) is 11.4 Å². The van der Waals surface area contributed by atoms with Gasteiger partial charge in [-0.1, -0.05) is 23.7 Å². The van der Waals surface area contributed by atoms with E-state index in [1.54, 1.807) is 0 Å². The highest BCUT2D eigenvalue weighted by molar-refractivity contribution is 6.30. The van der Waals surface area contributed by atoms with Crippen LogP contribution < -0.4 is 10.6 Å². The summed E-state index contributed by atoms with van der Waals surface area (Å²) >= 11 is 5.87. The molecule has 2 N–H and O–H groups in total. The second-order valence-corrected chi connectivity index (χ2v) is 6.08. The van der Waals surface area contributed by atoms with Gasteiger partial charge in [0.15, 0.2) is 0 Å². The van der Waals surface area contributed by atoms with Crippen LogP contribution in [0.25, 0.3) is 0 Å². The number of hydrogen-bond donors (Lipinski definition) is 2. The van der Waals surface area contributed by atoms with E-state index in [1.807, 2.05) is 48.5 Å². The van der Waals surface area contributed by atoms with Gasteiger partial charge in [-0.05, 0) is 61.2 Å². The maximum absolute atomic E-state index is 11.7. The molecule has 0 saturated heterocycles. The first kappa shape index (κ1) is 14.9. The fourth-order valence-electron chi connectivity index (χ4n) is 2.26. The molecule has 0 aliphatic heterocycles. The van der Waals surface area contributed by atoms with Crippen molar-refractivity contribution in [2.75, 3.05) is 17.2 Å². The molecule has 1 fully saturated rings. The van der Waals surface area contributed by atoms with Crippen LogP contribution in [0.3, 0.4) is 0 Å². The molecule has 2 aromatic carbocycles. The van der Waals surface area contributed by atoms with Gasteiger partial charge in [0.1, 0.15) is 0 Å². The average molecular weight is 315 g/mol. The lowest BCUT2D eigenvalue weighted by Gasteiger charge is -2.08. The van der Waals surface area contributed by atoms with E-state index < -0.39 is 0 Å². The predicted molar refractivity (Wildman–Crippen MR) is 91.4 cm³/mol. The van der Waals surface area contributed by atoms with Gasteiger partial charge in [0.05, 0.1) is 0 Å². The lowest BCUT2D eigenvalue weighted by molar-refractivity contribution is -0.117. The van der Waals surface area contributed by atoms with Crippen molar-refractivity contribution >= 4 is 28.9 Å². The van der Waals surface area contributed by atoms with Gasteiger partial charge in [-0.25, -0.2) is 0 Å². The Morgan fingerprint density at radius 3 is 2.27 bits per heavy atom. The lowest BCUT2D eigenvalue weighted by Crippen LogP contribution is -2.13. The molecule has 0 atom stereocenters. The Morgan fingerprint density at radius 1 is 1.00 bits per heavy atom. The number of hydrogen-bond acceptors (Lipinski definition) is 2. The maximum Gasteiger partial charge on any atom is 0.227 e. The van der Waals surface area contributed by atoms with Crippen molar-refractivity contribution in [2.45, 2.75) is 19.3 Å². The smallest absolute Gasteiger partial charge is 0.227 e. The summed E-state index contributed by atoms with van der Waals surface area (Å²) in [6.07, 6.45) is 2.99. The van der Waals surface area contributed by atoms with E-state index in [4.69, 9.17) is 11.6 Å². The van der Waals surface area contributed by atoms with Crippen LogP contribution >= 0.6 is 11.6 Å². The minimum atomic E-state index is 0.142. The lowest BCUT2D eigenvalue weighted by atomic mass is 10.1. The SMILES string of the molecule is O=C(Nc1ccc(NCCc2ccc(Cl)cc2)cc1)C1CC1. The first-order valence-corrected chi connectivity index (χ1v) is 7.98. The van der Waals surface area contributed by atoms with E-state index in [9.17, 15) is 4.79 Å². The number of halogens is 1. The van der Waals surface area contributed by atoms with Crippen molar-refractivity contribution in [1.29, 1.82) is 0 Å². The average Bonchev–Trinajstić information content (AvgIpc) is 3.36. The first-order valence-electron chi connectivity index (χ1n) is 7.60. The predicted octanol–water partition coefficient (Wildman–Crippen LogP) is 4.34. The minimum Gasteiger partial charge on any atom is -0.385 e. The Kier molecular flexibility index (Phi) is 4.64. The Hall–Kier alpha value is -2.00. The van der Waals surface area contributed by atoms with Crippen molar-refractivity contribution in [3.63, 3.8) is 0 Å². The summed E-state index contributed by atoms with van der Waals surface area (Å²) in [5.74, 6) is 0.376. The van der Waals surface area contributed by atoms with Gasteiger partial charge in [-0.2, -0.15) is 0 Å². The van der Waals surface area contributed by atoms with Gasteiger partial charge in [-0.3, -0.25) is 4.79 Å². The van der Waals surface area contributed by atoms with Gasteiger partial charge < -0.3 is 10.6 Å². The number of anilines is 2. The number of rotatable bonds is 6. The first-order chi connectivity index (χ1) is 10.7. The second kappa shape index (κ2) is 6.84. The number of nitrogens with one attached hydrogen (secondary N) is 2. The van der Waals surface area contributed by atoms with E-state index >= 15 is 0 Å². The molecule has 0 unspecified atom stereocenters. The Bertz CT molecular complexity index is 633. The third-order valence-corrected chi connectivity index (χ3v) is 4.01. The van der Waals surface area contributed by atoms with E-state index in [0.29, 0.717) is 0 Å². The topological polar surface area (TPSA) is 41.1 Å². The third-order valence-electron chi connectivity index (χ3n) is 3.76. The molecule has 4 heteroatoms. The van der Waals surface area contributed by atoms with Gasteiger partial charge in [0.2, 0.25) is 5.91 Å². The van der Waals surface area contributed by atoms with Gasteiger partial charge in [0, 0.05) is 28.9 Å². The monoisotopic (exact) mass is 314 g/mol. The summed E-state index contributed by atoms with van der Waals surface area (Å²) in [5, 5.41) is 7.08. The molecule has 3 nitrogen and oxygen atoms in total. The number of carbonyl (C=O) groups excluding carboxylic acids is 1. The molecule has 0 bridgehead atoms.